The van der Waals surface area contributed by atoms with Gasteiger partial charge in [0.1, 0.15) is 0 Å². The number of rotatable bonds is 2. The van der Waals surface area contributed by atoms with E-state index in [0.717, 1.165) is 0 Å². The van der Waals surface area contributed by atoms with E-state index in [4.69, 9.17) is 11.6 Å². The maximum Gasteiger partial charge on any atom is 0.228 e. The summed E-state index contributed by atoms with van der Waals surface area (Å²) in [6.07, 6.45) is 0.201. The molecule has 1 aromatic rings. The van der Waals surface area contributed by atoms with E-state index in [1.54, 1.807) is 18.2 Å². The van der Waals surface area contributed by atoms with Crippen LogP contribution < -0.4 is 0 Å². The molecule has 0 saturated heterocycles. The van der Waals surface area contributed by atoms with Gasteiger partial charge in [0.25, 0.3) is 0 Å². The van der Waals surface area contributed by atoms with E-state index < -0.39 is 11.5 Å². The molecule has 0 fully saturated rings. The van der Waals surface area contributed by atoms with Gasteiger partial charge in [-0.15, -0.1) is 11.6 Å². The van der Waals surface area contributed by atoms with Gasteiger partial charge in [0, 0.05) is 22.6 Å². The van der Waals surface area contributed by atoms with Gasteiger partial charge in [0.2, 0.25) is 5.78 Å². The molecular weight excluding hydrogens is 228 g/mol. The number of aliphatic hydroxyl groups is 1. The predicted molar refractivity (Wildman–Crippen MR) is 60.1 cm³/mol. The summed E-state index contributed by atoms with van der Waals surface area (Å²) in [6, 6.07) is 6.45. The van der Waals surface area contributed by atoms with Gasteiger partial charge in [-0.2, -0.15) is 0 Å². The fourth-order valence-corrected chi connectivity index (χ4v) is 1.93. The molecule has 0 bridgehead atoms. The van der Waals surface area contributed by atoms with Crippen LogP contribution >= 0.6 is 11.6 Å². The molecule has 0 aromatic heterocycles. The van der Waals surface area contributed by atoms with Gasteiger partial charge in [0.05, 0.1) is 0 Å². The van der Waals surface area contributed by atoms with Crippen LogP contribution in [0.3, 0.4) is 0 Å². The highest BCUT2D eigenvalue weighted by Crippen LogP contribution is 2.26. The number of Topliss-reactive ketones (excluding diaryl/α,β-unsaturated/α-hetero) is 2. The maximum absolute atomic E-state index is 11.9. The molecule has 0 aliphatic heterocycles. The minimum Gasteiger partial charge on any atom is -0.504 e. The van der Waals surface area contributed by atoms with Crippen LogP contribution in [-0.2, 0) is 0 Å². The van der Waals surface area contributed by atoms with Crippen molar-refractivity contribution < 1.29 is 14.7 Å². The lowest BCUT2D eigenvalue weighted by Gasteiger charge is -2.16. The van der Waals surface area contributed by atoms with Gasteiger partial charge in [-0.05, 0) is 6.42 Å². The number of fused-ring (bicyclic) bond motifs is 1. The smallest absolute Gasteiger partial charge is 0.228 e. The zero-order valence-electron chi connectivity index (χ0n) is 8.37. The van der Waals surface area contributed by atoms with Gasteiger partial charge in [-0.1, -0.05) is 24.3 Å². The summed E-state index contributed by atoms with van der Waals surface area (Å²) < 4.78 is 0. The van der Waals surface area contributed by atoms with Crippen molar-refractivity contribution in [2.45, 2.75) is 6.42 Å². The van der Waals surface area contributed by atoms with Crippen LogP contribution in [0.5, 0.6) is 0 Å². The first-order valence-corrected chi connectivity index (χ1v) is 5.36. The molecule has 0 atom stereocenters. The third-order valence-corrected chi connectivity index (χ3v) is 2.72. The van der Waals surface area contributed by atoms with Gasteiger partial charge in [-0.3, -0.25) is 9.59 Å². The second-order valence-corrected chi connectivity index (χ2v) is 3.85. The van der Waals surface area contributed by atoms with Crippen molar-refractivity contribution in [1.29, 1.82) is 0 Å². The van der Waals surface area contributed by atoms with E-state index in [1.807, 2.05) is 0 Å². The van der Waals surface area contributed by atoms with Crippen molar-refractivity contribution in [2.75, 3.05) is 5.88 Å². The molecule has 0 saturated carbocycles. The molecule has 16 heavy (non-hydrogen) atoms. The molecule has 1 aliphatic rings. The first-order chi connectivity index (χ1) is 7.66. The third kappa shape index (κ3) is 1.53. The van der Waals surface area contributed by atoms with Crippen molar-refractivity contribution in [3.05, 3.63) is 46.7 Å². The van der Waals surface area contributed by atoms with E-state index >= 15 is 0 Å². The Kier molecular flexibility index (Phi) is 2.79. The SMILES string of the molecule is O=C1C(O)=C(CCCl)C(=O)c2ccccc21. The molecule has 82 valence electrons. The van der Waals surface area contributed by atoms with E-state index in [9.17, 15) is 14.7 Å². The van der Waals surface area contributed by atoms with Crippen LogP contribution in [0.15, 0.2) is 35.6 Å². The van der Waals surface area contributed by atoms with E-state index in [2.05, 4.69) is 0 Å². The van der Waals surface area contributed by atoms with Gasteiger partial charge >= 0.3 is 0 Å². The molecule has 0 amide bonds. The van der Waals surface area contributed by atoms with Crippen molar-refractivity contribution in [3.8, 4) is 0 Å². The fourth-order valence-electron chi connectivity index (χ4n) is 1.74. The number of aliphatic hydroxyl groups excluding tert-OH is 1. The monoisotopic (exact) mass is 236 g/mol. The fraction of sp³-hybridized carbons (Fsp3) is 0.167. The number of alkyl halides is 1. The summed E-state index contributed by atoms with van der Waals surface area (Å²) in [7, 11) is 0. The molecule has 1 N–H and O–H groups in total. The van der Waals surface area contributed by atoms with Crippen LogP contribution in [-0.4, -0.2) is 22.6 Å². The highest BCUT2D eigenvalue weighted by molar-refractivity contribution is 6.26. The maximum atomic E-state index is 11.9. The number of hydrogen-bond acceptors (Lipinski definition) is 3. The Morgan fingerprint density at radius 1 is 1.06 bits per heavy atom. The lowest BCUT2D eigenvalue weighted by Crippen LogP contribution is -2.22. The number of hydrogen-bond donors (Lipinski definition) is 1. The van der Waals surface area contributed by atoms with Gasteiger partial charge in [-0.25, -0.2) is 0 Å². The Morgan fingerprint density at radius 3 is 2.19 bits per heavy atom. The predicted octanol–water partition coefficient (Wildman–Crippen LogP) is 2.51. The standard InChI is InChI=1S/C12H9ClO3/c13-6-5-9-10(14)7-3-1-2-4-8(7)11(15)12(9)16/h1-4,16H,5-6H2. The van der Waals surface area contributed by atoms with Crippen molar-refractivity contribution in [1.82, 2.24) is 0 Å². The Balaban J connectivity index is 2.58. The average molecular weight is 237 g/mol. The number of benzene rings is 1. The summed E-state index contributed by atoms with van der Waals surface area (Å²) in [5.41, 5.74) is 0.701. The highest BCUT2D eigenvalue weighted by Gasteiger charge is 2.31. The quantitative estimate of drug-likeness (QED) is 0.803. The Bertz CT molecular complexity index is 503. The normalized spacial score (nSPS) is 15.3. The second kappa shape index (κ2) is 4.10. The zero-order valence-corrected chi connectivity index (χ0v) is 9.12. The Morgan fingerprint density at radius 2 is 1.62 bits per heavy atom. The van der Waals surface area contributed by atoms with Gasteiger partial charge < -0.3 is 5.11 Å². The first-order valence-electron chi connectivity index (χ1n) is 4.83. The molecule has 0 unspecified atom stereocenters. The third-order valence-electron chi connectivity index (χ3n) is 2.54. The largest absolute Gasteiger partial charge is 0.504 e. The second-order valence-electron chi connectivity index (χ2n) is 3.47. The molecule has 0 heterocycles. The minimum absolute atomic E-state index is 0.110. The first kappa shape index (κ1) is 10.9. The lowest BCUT2D eigenvalue weighted by atomic mass is 9.87. The topological polar surface area (TPSA) is 54.4 Å². The highest BCUT2D eigenvalue weighted by atomic mass is 35.5. The summed E-state index contributed by atoms with van der Waals surface area (Å²) in [5.74, 6) is -1.09. The number of halogens is 1. The van der Waals surface area contributed by atoms with Crippen molar-refractivity contribution in [3.63, 3.8) is 0 Å². The molecule has 1 aromatic carbocycles. The molecule has 0 radical (unpaired) electrons. The minimum atomic E-state index is -0.504. The molecule has 2 rings (SSSR count). The number of ketones is 2. The van der Waals surface area contributed by atoms with Crippen LogP contribution in [0.4, 0.5) is 0 Å². The van der Waals surface area contributed by atoms with Gasteiger partial charge in [0.15, 0.2) is 11.5 Å². The number of carbonyl (C=O) groups excluding carboxylic acids is 2. The van der Waals surface area contributed by atoms with E-state index in [1.165, 1.54) is 6.07 Å². The molecule has 3 nitrogen and oxygen atoms in total. The van der Waals surface area contributed by atoms with Crippen LogP contribution in [0.1, 0.15) is 27.1 Å². The lowest BCUT2D eigenvalue weighted by molar-refractivity contribution is 0.0927. The summed E-state index contributed by atoms with van der Waals surface area (Å²) in [5, 5.41) is 9.64. The van der Waals surface area contributed by atoms with E-state index in [-0.39, 0.29) is 29.2 Å². The molecular formula is C12H9ClO3. The van der Waals surface area contributed by atoms with Crippen LogP contribution in [0.25, 0.3) is 0 Å². The summed E-state index contributed by atoms with van der Waals surface area (Å²) >= 11 is 5.53. The molecule has 1 aliphatic carbocycles. The van der Waals surface area contributed by atoms with Crippen molar-refractivity contribution in [2.24, 2.45) is 0 Å². The molecule has 4 heteroatoms. The number of carbonyl (C=O) groups is 2. The van der Waals surface area contributed by atoms with E-state index in [0.29, 0.717) is 5.56 Å². The molecule has 0 spiro atoms. The Labute approximate surface area is 97.3 Å². The number of allylic oxidation sites excluding steroid dienone is 2. The summed E-state index contributed by atoms with van der Waals surface area (Å²) in [4.78, 5) is 23.7. The Hall–Kier alpha value is -1.61. The van der Waals surface area contributed by atoms with Crippen molar-refractivity contribution >= 4 is 23.2 Å². The summed E-state index contributed by atoms with van der Waals surface area (Å²) in [6.45, 7) is 0. The van der Waals surface area contributed by atoms with Crippen LogP contribution in [0.2, 0.25) is 0 Å². The average Bonchev–Trinajstić information content (AvgIpc) is 2.32. The zero-order chi connectivity index (χ0) is 11.7. The van der Waals surface area contributed by atoms with Crippen LogP contribution in [0, 0.1) is 0 Å².